The van der Waals surface area contributed by atoms with Gasteiger partial charge in [-0.3, -0.25) is 9.59 Å². The molecule has 0 aliphatic rings. The van der Waals surface area contributed by atoms with Gasteiger partial charge < -0.3 is 10.6 Å². The monoisotopic (exact) mass is 409 g/mol. The normalized spacial score (nSPS) is 11.3. The summed E-state index contributed by atoms with van der Waals surface area (Å²) in [5.74, 6) is -0.881. The second-order valence-corrected chi connectivity index (χ2v) is 8.19. The molecule has 144 valence electrons. The first-order chi connectivity index (χ1) is 12.7. The molecule has 0 spiro atoms. The Labute approximate surface area is 163 Å². The van der Waals surface area contributed by atoms with Crippen molar-refractivity contribution in [3.8, 4) is 0 Å². The van der Waals surface area contributed by atoms with Gasteiger partial charge in [0, 0.05) is 22.3 Å². The van der Waals surface area contributed by atoms with Crippen molar-refractivity contribution < 1.29 is 18.0 Å². The first-order valence-corrected chi connectivity index (χ1v) is 9.99. The molecule has 9 heteroatoms. The second-order valence-electron chi connectivity index (χ2n) is 6.04. The van der Waals surface area contributed by atoms with Crippen LogP contribution in [0.3, 0.4) is 0 Å². The van der Waals surface area contributed by atoms with Gasteiger partial charge in [-0.15, -0.1) is 0 Å². The number of benzene rings is 2. The van der Waals surface area contributed by atoms with Crippen molar-refractivity contribution in [3.05, 3.63) is 59.1 Å². The lowest BCUT2D eigenvalue weighted by Crippen LogP contribution is -2.33. The molecular weight excluding hydrogens is 390 g/mol. The van der Waals surface area contributed by atoms with Crippen LogP contribution in [-0.4, -0.2) is 32.8 Å². The lowest BCUT2D eigenvalue weighted by molar-refractivity contribution is -0.115. The number of hydrogen-bond acceptors (Lipinski definition) is 4. The Kier molecular flexibility index (Phi) is 6.95. The third-order valence-electron chi connectivity index (χ3n) is 3.36. The van der Waals surface area contributed by atoms with Crippen LogP contribution in [0.15, 0.2) is 53.4 Å². The van der Waals surface area contributed by atoms with Crippen molar-refractivity contribution in [2.75, 3.05) is 11.9 Å². The number of rotatable bonds is 7. The van der Waals surface area contributed by atoms with Crippen molar-refractivity contribution in [2.45, 2.75) is 24.8 Å². The van der Waals surface area contributed by atoms with Crippen LogP contribution < -0.4 is 15.4 Å². The average Bonchev–Trinajstić information content (AvgIpc) is 2.61. The van der Waals surface area contributed by atoms with E-state index < -0.39 is 21.8 Å². The molecule has 3 N–H and O–H groups in total. The van der Waals surface area contributed by atoms with Crippen molar-refractivity contribution in [1.82, 2.24) is 10.0 Å². The number of carbonyl (C=O) groups is 2. The van der Waals surface area contributed by atoms with Gasteiger partial charge in [0.25, 0.3) is 5.91 Å². The average molecular weight is 410 g/mol. The van der Waals surface area contributed by atoms with Crippen LogP contribution in [-0.2, 0) is 14.8 Å². The molecule has 0 fully saturated rings. The highest BCUT2D eigenvalue weighted by molar-refractivity contribution is 7.89. The number of halogens is 1. The molecule has 2 amide bonds. The van der Waals surface area contributed by atoms with Crippen molar-refractivity contribution in [1.29, 1.82) is 0 Å². The van der Waals surface area contributed by atoms with Gasteiger partial charge in [-0.1, -0.05) is 11.6 Å². The number of anilines is 1. The molecule has 2 aromatic rings. The van der Waals surface area contributed by atoms with Crippen LogP contribution in [0.5, 0.6) is 0 Å². The zero-order valence-electron chi connectivity index (χ0n) is 14.8. The molecule has 0 aromatic heterocycles. The molecule has 0 saturated carbocycles. The van der Waals surface area contributed by atoms with E-state index in [-0.39, 0.29) is 23.0 Å². The van der Waals surface area contributed by atoms with Gasteiger partial charge in [-0.2, -0.15) is 0 Å². The Hall–Kier alpha value is -2.42. The maximum atomic E-state index is 12.1. The Morgan fingerprint density at radius 2 is 1.59 bits per heavy atom. The van der Waals surface area contributed by atoms with E-state index in [1.165, 1.54) is 24.3 Å². The molecule has 27 heavy (non-hydrogen) atoms. The Morgan fingerprint density at radius 1 is 1.00 bits per heavy atom. The molecule has 0 aliphatic heterocycles. The number of amides is 2. The zero-order valence-corrected chi connectivity index (χ0v) is 16.4. The summed E-state index contributed by atoms with van der Waals surface area (Å²) in [6, 6.07) is 11.8. The third kappa shape index (κ3) is 6.35. The molecule has 0 saturated heterocycles. The highest BCUT2D eigenvalue weighted by Gasteiger charge is 2.16. The van der Waals surface area contributed by atoms with E-state index in [4.69, 9.17) is 11.6 Å². The third-order valence-corrected chi connectivity index (χ3v) is 5.28. The van der Waals surface area contributed by atoms with E-state index in [9.17, 15) is 18.0 Å². The van der Waals surface area contributed by atoms with Gasteiger partial charge in [0.1, 0.15) is 0 Å². The Morgan fingerprint density at radius 3 is 2.15 bits per heavy atom. The molecule has 2 rings (SSSR count). The summed E-state index contributed by atoms with van der Waals surface area (Å²) < 4.78 is 26.6. The largest absolute Gasteiger partial charge is 0.343 e. The summed E-state index contributed by atoms with van der Waals surface area (Å²) in [4.78, 5) is 24.0. The van der Waals surface area contributed by atoms with Crippen molar-refractivity contribution in [2.24, 2.45) is 0 Å². The molecule has 0 aliphatic carbocycles. The lowest BCUT2D eigenvalue weighted by atomic mass is 10.2. The summed E-state index contributed by atoms with van der Waals surface area (Å²) in [6.07, 6.45) is 0. The van der Waals surface area contributed by atoms with E-state index in [2.05, 4.69) is 15.4 Å². The molecule has 7 nitrogen and oxygen atoms in total. The Bertz CT molecular complexity index is 911. The molecule has 0 bridgehead atoms. The molecular formula is C18H20ClN3O4S. The van der Waals surface area contributed by atoms with Crippen molar-refractivity contribution >= 4 is 39.1 Å². The fraction of sp³-hybridized carbons (Fsp3) is 0.222. The minimum atomic E-state index is -3.62. The number of carbonyl (C=O) groups excluding carboxylic acids is 2. The van der Waals surface area contributed by atoms with E-state index in [0.717, 1.165) is 0 Å². The predicted molar refractivity (Wildman–Crippen MR) is 104 cm³/mol. The Balaban J connectivity index is 1.92. The summed E-state index contributed by atoms with van der Waals surface area (Å²) >= 11 is 5.77. The molecule has 2 aromatic carbocycles. The minimum absolute atomic E-state index is 0.0632. The lowest BCUT2D eigenvalue weighted by Gasteiger charge is -2.10. The van der Waals surface area contributed by atoms with Gasteiger partial charge >= 0.3 is 0 Å². The smallest absolute Gasteiger partial charge is 0.251 e. The van der Waals surface area contributed by atoms with Crippen LogP contribution in [0.1, 0.15) is 24.2 Å². The van der Waals surface area contributed by atoms with Crippen molar-refractivity contribution in [3.63, 3.8) is 0 Å². The van der Waals surface area contributed by atoms with Crippen LogP contribution >= 0.6 is 11.6 Å². The fourth-order valence-corrected chi connectivity index (χ4v) is 3.54. The summed E-state index contributed by atoms with van der Waals surface area (Å²) in [7, 11) is -3.62. The van der Waals surface area contributed by atoms with Crippen LogP contribution in [0.4, 0.5) is 5.69 Å². The molecule has 0 atom stereocenters. The summed E-state index contributed by atoms with van der Waals surface area (Å²) in [6.45, 7) is 3.21. The van der Waals surface area contributed by atoms with Crippen LogP contribution in [0.25, 0.3) is 0 Å². The fourth-order valence-electron chi connectivity index (χ4n) is 2.16. The van der Waals surface area contributed by atoms with Gasteiger partial charge in [-0.05, 0) is 62.4 Å². The first-order valence-electron chi connectivity index (χ1n) is 8.13. The molecule has 0 radical (unpaired) electrons. The predicted octanol–water partition coefficient (Wildman–Crippen LogP) is 2.40. The highest BCUT2D eigenvalue weighted by atomic mass is 35.5. The number of nitrogens with one attached hydrogen (secondary N) is 3. The summed E-state index contributed by atoms with van der Waals surface area (Å²) in [5, 5.41) is 5.65. The zero-order chi connectivity index (χ0) is 20.0. The SMILES string of the molecule is CC(C)NS(=O)(=O)c1ccc(C(=O)NCC(=O)Nc2ccc(Cl)cc2)cc1. The standard InChI is InChI=1S/C18H20ClN3O4S/c1-12(2)22-27(25,26)16-9-3-13(4-10-16)18(24)20-11-17(23)21-15-7-5-14(19)6-8-15/h3-10,12,22H,11H2,1-2H3,(H,20,24)(H,21,23). The maximum absolute atomic E-state index is 12.1. The van der Waals surface area contributed by atoms with Gasteiger partial charge in [0.05, 0.1) is 11.4 Å². The first kappa shape index (κ1) is 20.9. The van der Waals surface area contributed by atoms with Gasteiger partial charge in [0.2, 0.25) is 15.9 Å². The van der Waals surface area contributed by atoms with Crippen LogP contribution in [0, 0.1) is 0 Å². The molecule has 0 heterocycles. The van der Waals surface area contributed by atoms with E-state index in [1.54, 1.807) is 38.1 Å². The maximum Gasteiger partial charge on any atom is 0.251 e. The molecule has 0 unspecified atom stereocenters. The topological polar surface area (TPSA) is 104 Å². The van der Waals surface area contributed by atoms with Crippen LogP contribution in [0.2, 0.25) is 5.02 Å². The highest BCUT2D eigenvalue weighted by Crippen LogP contribution is 2.13. The summed E-state index contributed by atoms with van der Waals surface area (Å²) in [5.41, 5.74) is 0.809. The van der Waals surface area contributed by atoms with E-state index >= 15 is 0 Å². The quantitative estimate of drug-likeness (QED) is 0.653. The number of sulfonamides is 1. The number of hydrogen-bond donors (Lipinski definition) is 3. The van der Waals surface area contributed by atoms with Gasteiger partial charge in [0.15, 0.2) is 0 Å². The minimum Gasteiger partial charge on any atom is -0.343 e. The van der Waals surface area contributed by atoms with E-state index in [1.807, 2.05) is 0 Å². The van der Waals surface area contributed by atoms with Gasteiger partial charge in [-0.25, -0.2) is 13.1 Å². The second kappa shape index (κ2) is 8.98. The van der Waals surface area contributed by atoms with E-state index in [0.29, 0.717) is 10.7 Å².